The topological polar surface area (TPSA) is 90.3 Å². The van der Waals surface area contributed by atoms with E-state index in [1.807, 2.05) is 54.0 Å². The van der Waals surface area contributed by atoms with Gasteiger partial charge in [0.15, 0.2) is 5.82 Å². The van der Waals surface area contributed by atoms with Crippen LogP contribution >= 0.6 is 0 Å². The maximum atomic E-state index is 9.76. The summed E-state index contributed by atoms with van der Waals surface area (Å²) in [6.45, 7) is 1.90. The van der Waals surface area contributed by atoms with E-state index in [4.69, 9.17) is 5.26 Å². The summed E-state index contributed by atoms with van der Waals surface area (Å²) in [6.07, 6.45) is 0. The molecule has 0 fully saturated rings. The number of hydrogen-bond acceptors (Lipinski definition) is 5. The van der Waals surface area contributed by atoms with Gasteiger partial charge in [0, 0.05) is 11.3 Å². The first-order valence-corrected chi connectivity index (χ1v) is 8.11. The molecule has 4 rings (SSSR count). The molecule has 0 aliphatic carbocycles. The van der Waals surface area contributed by atoms with E-state index < -0.39 is 0 Å². The summed E-state index contributed by atoms with van der Waals surface area (Å²) >= 11 is 0. The lowest BCUT2D eigenvalue weighted by Gasteiger charge is -2.27. The van der Waals surface area contributed by atoms with Crippen molar-refractivity contribution in [2.24, 2.45) is 0 Å². The third-order valence-corrected chi connectivity index (χ3v) is 4.48. The van der Waals surface area contributed by atoms with Crippen LogP contribution in [-0.2, 0) is 0 Å². The predicted octanol–water partition coefficient (Wildman–Crippen LogP) is 3.74. The van der Waals surface area contributed by atoms with Crippen molar-refractivity contribution in [3.05, 3.63) is 71.3 Å². The average Bonchev–Trinajstić information content (AvgIpc) is 3.13. The highest BCUT2D eigenvalue weighted by Gasteiger charge is 2.29. The molecule has 26 heavy (non-hydrogen) atoms. The van der Waals surface area contributed by atoms with Gasteiger partial charge in [0.1, 0.15) is 0 Å². The van der Waals surface area contributed by atoms with Gasteiger partial charge in [0.05, 0.1) is 29.3 Å². The van der Waals surface area contributed by atoms with E-state index in [0.29, 0.717) is 22.9 Å². The fourth-order valence-electron chi connectivity index (χ4n) is 3.15. The van der Waals surface area contributed by atoms with Gasteiger partial charge in [0.2, 0.25) is 5.95 Å². The number of anilines is 1. The maximum absolute atomic E-state index is 9.76. The summed E-state index contributed by atoms with van der Waals surface area (Å²) < 4.78 is 1.87. The minimum Gasteiger partial charge on any atom is -0.342 e. The van der Waals surface area contributed by atoms with Gasteiger partial charge in [-0.2, -0.15) is 10.5 Å². The zero-order valence-corrected chi connectivity index (χ0v) is 14.0. The highest BCUT2D eigenvalue weighted by atomic mass is 15.4. The van der Waals surface area contributed by atoms with Gasteiger partial charge >= 0.3 is 0 Å². The Morgan fingerprint density at radius 3 is 2.35 bits per heavy atom. The Morgan fingerprint density at radius 2 is 1.69 bits per heavy atom. The van der Waals surface area contributed by atoms with Crippen LogP contribution in [-0.4, -0.2) is 14.8 Å². The molecule has 1 aromatic heterocycles. The molecule has 1 unspecified atom stereocenters. The number of nitriles is 2. The van der Waals surface area contributed by atoms with Crippen LogP contribution < -0.4 is 5.32 Å². The zero-order valence-electron chi connectivity index (χ0n) is 14.0. The molecule has 3 aromatic rings. The third kappa shape index (κ3) is 2.42. The monoisotopic (exact) mass is 338 g/mol. The van der Waals surface area contributed by atoms with Gasteiger partial charge in [-0.25, -0.2) is 0 Å². The first kappa shape index (κ1) is 15.6. The van der Waals surface area contributed by atoms with Crippen LogP contribution in [0.5, 0.6) is 0 Å². The van der Waals surface area contributed by atoms with Gasteiger partial charge in [-0.15, -0.1) is 10.2 Å². The molecule has 0 radical (unpaired) electrons. The molecular formula is C20H14N6. The highest BCUT2D eigenvalue weighted by molar-refractivity contribution is 5.73. The molecule has 0 saturated carbocycles. The van der Waals surface area contributed by atoms with Crippen molar-refractivity contribution >= 4 is 11.6 Å². The SMILES string of the molecule is CC1=C(C#N)C(c2ccc(C#N)cc2)Nc2nnc(-c3ccccc3)n21. The molecule has 1 aliphatic rings. The highest BCUT2D eigenvalue weighted by Crippen LogP contribution is 2.37. The molecule has 1 atom stereocenters. The Bertz CT molecular complexity index is 1080. The van der Waals surface area contributed by atoms with Crippen molar-refractivity contribution in [3.8, 4) is 23.5 Å². The number of nitrogens with zero attached hydrogens (tertiary/aromatic N) is 5. The van der Waals surface area contributed by atoms with Crippen molar-refractivity contribution in [2.75, 3.05) is 5.32 Å². The third-order valence-electron chi connectivity index (χ3n) is 4.48. The molecule has 124 valence electrons. The van der Waals surface area contributed by atoms with Crippen LogP contribution in [0.25, 0.3) is 17.1 Å². The maximum Gasteiger partial charge on any atom is 0.230 e. The summed E-state index contributed by atoms with van der Waals surface area (Å²) in [6, 6.07) is 21.0. The van der Waals surface area contributed by atoms with Gasteiger partial charge in [-0.1, -0.05) is 42.5 Å². The number of allylic oxidation sites excluding steroid dienone is 1. The van der Waals surface area contributed by atoms with Gasteiger partial charge in [-0.3, -0.25) is 4.57 Å². The zero-order chi connectivity index (χ0) is 18.1. The number of benzene rings is 2. The van der Waals surface area contributed by atoms with Crippen LogP contribution in [0, 0.1) is 22.7 Å². The second-order valence-corrected chi connectivity index (χ2v) is 5.97. The number of fused-ring (bicyclic) bond motifs is 1. The van der Waals surface area contributed by atoms with Crippen LogP contribution in [0.4, 0.5) is 5.95 Å². The van der Waals surface area contributed by atoms with Crippen molar-refractivity contribution in [1.82, 2.24) is 14.8 Å². The number of nitrogens with one attached hydrogen (secondary N) is 1. The summed E-state index contributed by atoms with van der Waals surface area (Å²) in [5.74, 6) is 1.28. The molecule has 6 nitrogen and oxygen atoms in total. The van der Waals surface area contributed by atoms with Crippen LogP contribution in [0.1, 0.15) is 24.1 Å². The first-order valence-electron chi connectivity index (χ1n) is 8.11. The average molecular weight is 338 g/mol. The minimum absolute atomic E-state index is 0.326. The predicted molar refractivity (Wildman–Crippen MR) is 97.5 cm³/mol. The molecule has 0 amide bonds. The molecule has 2 heterocycles. The molecule has 0 spiro atoms. The second-order valence-electron chi connectivity index (χ2n) is 5.97. The normalized spacial score (nSPS) is 15.6. The lowest BCUT2D eigenvalue weighted by atomic mass is 9.96. The quantitative estimate of drug-likeness (QED) is 0.768. The lowest BCUT2D eigenvalue weighted by molar-refractivity contribution is 0.854. The van der Waals surface area contributed by atoms with Crippen molar-refractivity contribution in [1.29, 1.82) is 10.5 Å². The Balaban J connectivity index is 1.82. The van der Waals surface area contributed by atoms with Crippen molar-refractivity contribution < 1.29 is 0 Å². The summed E-state index contributed by atoms with van der Waals surface area (Å²) in [7, 11) is 0. The van der Waals surface area contributed by atoms with E-state index in [2.05, 4.69) is 27.7 Å². The van der Waals surface area contributed by atoms with E-state index in [0.717, 1.165) is 16.8 Å². The molecule has 0 saturated heterocycles. The van der Waals surface area contributed by atoms with E-state index in [1.54, 1.807) is 12.1 Å². The fraction of sp³-hybridized carbons (Fsp3) is 0.100. The Hall–Kier alpha value is -3.90. The lowest BCUT2D eigenvalue weighted by Crippen LogP contribution is -2.22. The number of rotatable bonds is 2. The minimum atomic E-state index is -0.326. The summed E-state index contributed by atoms with van der Waals surface area (Å²) in [5, 5.41) is 30.6. The molecular weight excluding hydrogens is 324 g/mol. The van der Waals surface area contributed by atoms with E-state index in [9.17, 15) is 5.26 Å². The molecule has 1 N–H and O–H groups in total. The Morgan fingerprint density at radius 1 is 0.962 bits per heavy atom. The van der Waals surface area contributed by atoms with Gasteiger partial charge in [0.25, 0.3) is 0 Å². The standard InChI is InChI=1S/C20H14N6/c1-13-17(12-22)18(15-9-7-14(11-21)8-10-15)23-20-25-24-19(26(13)20)16-5-3-2-4-6-16/h2-10,18H,1H3,(H,23,25). The number of aromatic nitrogens is 3. The largest absolute Gasteiger partial charge is 0.342 e. The molecule has 2 aromatic carbocycles. The first-order chi connectivity index (χ1) is 12.7. The van der Waals surface area contributed by atoms with Crippen LogP contribution in [0.3, 0.4) is 0 Å². The number of hydrogen-bond donors (Lipinski definition) is 1. The van der Waals surface area contributed by atoms with Crippen molar-refractivity contribution in [3.63, 3.8) is 0 Å². The van der Waals surface area contributed by atoms with Gasteiger partial charge < -0.3 is 5.32 Å². The smallest absolute Gasteiger partial charge is 0.230 e. The van der Waals surface area contributed by atoms with Crippen molar-refractivity contribution in [2.45, 2.75) is 13.0 Å². The van der Waals surface area contributed by atoms with E-state index in [-0.39, 0.29) is 6.04 Å². The van der Waals surface area contributed by atoms with E-state index >= 15 is 0 Å². The van der Waals surface area contributed by atoms with Crippen LogP contribution in [0.2, 0.25) is 0 Å². The van der Waals surface area contributed by atoms with Crippen LogP contribution in [0.15, 0.2) is 60.2 Å². The van der Waals surface area contributed by atoms with Gasteiger partial charge in [-0.05, 0) is 24.6 Å². The Labute approximate surface area is 150 Å². The summed E-state index contributed by atoms with van der Waals surface area (Å²) in [4.78, 5) is 0. The fourth-order valence-corrected chi connectivity index (χ4v) is 3.15. The summed E-state index contributed by atoms with van der Waals surface area (Å²) in [5.41, 5.74) is 3.80. The van der Waals surface area contributed by atoms with E-state index in [1.165, 1.54) is 0 Å². The molecule has 0 bridgehead atoms. The molecule has 6 heteroatoms. The Kier molecular flexibility index (Phi) is 3.72. The molecule has 1 aliphatic heterocycles. The second kappa shape index (κ2) is 6.19.